The summed E-state index contributed by atoms with van der Waals surface area (Å²) < 4.78 is 16.9. The maximum atomic E-state index is 13.4. The summed E-state index contributed by atoms with van der Waals surface area (Å²) in [6.45, 7) is 0.537. The summed E-state index contributed by atoms with van der Waals surface area (Å²) in [5.41, 5.74) is 1.000. The van der Waals surface area contributed by atoms with E-state index >= 15 is 0 Å². The van der Waals surface area contributed by atoms with Crippen LogP contribution in [0.4, 0.5) is 5.69 Å². The van der Waals surface area contributed by atoms with Gasteiger partial charge in [0.25, 0.3) is 11.8 Å². The predicted molar refractivity (Wildman–Crippen MR) is 144 cm³/mol. The number of anilines is 1. The van der Waals surface area contributed by atoms with E-state index in [0.717, 1.165) is 0 Å². The van der Waals surface area contributed by atoms with Crippen molar-refractivity contribution in [2.45, 2.75) is 12.8 Å². The zero-order valence-corrected chi connectivity index (χ0v) is 21.0. The number of nitrogens with one attached hydrogen (secondary N) is 1. The largest absolute Gasteiger partial charge is 0.493 e. The van der Waals surface area contributed by atoms with Gasteiger partial charge in [-0.2, -0.15) is 0 Å². The van der Waals surface area contributed by atoms with Gasteiger partial charge in [-0.15, -0.1) is 0 Å². The van der Waals surface area contributed by atoms with Crippen LogP contribution in [0.15, 0.2) is 78.4 Å². The Kier molecular flexibility index (Phi) is 8.50. The standard InChI is InChI=1S/C28H26N2O6S/c1-34-25-18-19(9-14-24(25)35-16-6-5-15-31)17-23-26(32)29-28(37)30(27(23)33)20-10-12-22(13-11-20)36-21-7-3-2-4-8-21/h2-4,7-14,17-18,31H,5-6,15-16H2,1H3,(H,29,32,37)/b23-17+. The summed E-state index contributed by atoms with van der Waals surface area (Å²) in [6.07, 6.45) is 2.83. The number of hydrogen-bond donors (Lipinski definition) is 2. The molecule has 0 radical (unpaired) electrons. The smallest absolute Gasteiger partial charge is 0.270 e. The maximum absolute atomic E-state index is 13.4. The molecule has 8 nitrogen and oxygen atoms in total. The van der Waals surface area contributed by atoms with Crippen LogP contribution in [-0.2, 0) is 9.59 Å². The topological polar surface area (TPSA) is 97.3 Å². The minimum absolute atomic E-state index is 0.00640. The van der Waals surface area contributed by atoms with Crippen molar-refractivity contribution in [1.82, 2.24) is 5.32 Å². The quantitative estimate of drug-likeness (QED) is 0.177. The Morgan fingerprint density at radius 3 is 2.38 bits per heavy atom. The molecule has 3 aromatic carbocycles. The molecule has 1 saturated heterocycles. The molecule has 190 valence electrons. The second kappa shape index (κ2) is 12.2. The lowest BCUT2D eigenvalue weighted by molar-refractivity contribution is -0.122. The SMILES string of the molecule is COc1cc(/C=C2\C(=O)NC(=S)N(c3ccc(Oc4ccccc4)cc3)C2=O)ccc1OCCCCO. The first-order valence-electron chi connectivity index (χ1n) is 11.7. The highest BCUT2D eigenvalue weighted by atomic mass is 32.1. The Morgan fingerprint density at radius 2 is 1.68 bits per heavy atom. The first-order valence-corrected chi connectivity index (χ1v) is 12.1. The van der Waals surface area contributed by atoms with Crippen molar-refractivity contribution in [2.75, 3.05) is 25.2 Å². The number of aliphatic hydroxyl groups is 1. The molecule has 2 amide bonds. The van der Waals surface area contributed by atoms with Crippen LogP contribution in [0.25, 0.3) is 6.08 Å². The summed E-state index contributed by atoms with van der Waals surface area (Å²) in [7, 11) is 1.51. The number of methoxy groups -OCH3 is 1. The van der Waals surface area contributed by atoms with Gasteiger partial charge in [-0.05, 0) is 85.2 Å². The van der Waals surface area contributed by atoms with Crippen molar-refractivity contribution in [3.8, 4) is 23.0 Å². The van der Waals surface area contributed by atoms with Gasteiger partial charge in [0.15, 0.2) is 16.6 Å². The minimum Gasteiger partial charge on any atom is -0.493 e. The van der Waals surface area contributed by atoms with E-state index in [4.69, 9.17) is 31.5 Å². The number of ether oxygens (including phenoxy) is 3. The summed E-state index contributed by atoms with van der Waals surface area (Å²) in [5.74, 6) is 1.14. The number of unbranched alkanes of at least 4 members (excludes halogenated alkanes) is 1. The Morgan fingerprint density at radius 1 is 0.946 bits per heavy atom. The molecule has 1 heterocycles. The first-order chi connectivity index (χ1) is 18.0. The van der Waals surface area contributed by atoms with Crippen molar-refractivity contribution >= 4 is 40.9 Å². The van der Waals surface area contributed by atoms with Gasteiger partial charge in [0.05, 0.1) is 19.4 Å². The molecule has 0 bridgehead atoms. The van der Waals surface area contributed by atoms with E-state index in [1.54, 1.807) is 42.5 Å². The third kappa shape index (κ3) is 6.32. The molecule has 0 atom stereocenters. The van der Waals surface area contributed by atoms with Gasteiger partial charge in [0.2, 0.25) is 0 Å². The number of nitrogens with zero attached hydrogens (tertiary/aromatic N) is 1. The van der Waals surface area contributed by atoms with Crippen LogP contribution in [0.2, 0.25) is 0 Å². The fraction of sp³-hybridized carbons (Fsp3) is 0.179. The predicted octanol–water partition coefficient (Wildman–Crippen LogP) is 4.47. The van der Waals surface area contributed by atoms with Gasteiger partial charge in [0.1, 0.15) is 17.1 Å². The van der Waals surface area contributed by atoms with Crippen molar-refractivity contribution in [3.63, 3.8) is 0 Å². The third-order valence-corrected chi connectivity index (χ3v) is 5.77. The molecule has 1 fully saturated rings. The lowest BCUT2D eigenvalue weighted by Crippen LogP contribution is -2.54. The van der Waals surface area contributed by atoms with Gasteiger partial charge in [-0.25, -0.2) is 0 Å². The molecule has 0 spiro atoms. The van der Waals surface area contributed by atoms with E-state index < -0.39 is 11.8 Å². The molecule has 4 rings (SSSR count). The average Bonchev–Trinajstić information content (AvgIpc) is 2.91. The van der Waals surface area contributed by atoms with Crippen LogP contribution >= 0.6 is 12.2 Å². The van der Waals surface area contributed by atoms with Crippen LogP contribution in [0, 0.1) is 0 Å². The lowest BCUT2D eigenvalue weighted by atomic mass is 10.1. The summed E-state index contributed by atoms with van der Waals surface area (Å²) >= 11 is 5.30. The molecule has 9 heteroatoms. The Bertz CT molecular complexity index is 1310. The van der Waals surface area contributed by atoms with E-state index in [0.29, 0.717) is 53.7 Å². The number of carbonyl (C=O) groups excluding carboxylic acids is 2. The van der Waals surface area contributed by atoms with Gasteiger partial charge in [-0.3, -0.25) is 19.8 Å². The van der Waals surface area contributed by atoms with E-state index in [1.807, 2.05) is 30.3 Å². The summed E-state index contributed by atoms with van der Waals surface area (Å²) in [4.78, 5) is 27.3. The van der Waals surface area contributed by atoms with Crippen LogP contribution in [0.3, 0.4) is 0 Å². The molecule has 37 heavy (non-hydrogen) atoms. The maximum Gasteiger partial charge on any atom is 0.270 e. The van der Waals surface area contributed by atoms with Gasteiger partial charge in [0, 0.05) is 6.61 Å². The molecule has 0 aromatic heterocycles. The number of para-hydroxylation sites is 1. The normalized spacial score (nSPS) is 14.5. The van der Waals surface area contributed by atoms with Crippen LogP contribution in [0.5, 0.6) is 23.0 Å². The van der Waals surface area contributed by atoms with Gasteiger partial charge >= 0.3 is 0 Å². The van der Waals surface area contributed by atoms with E-state index in [2.05, 4.69) is 5.32 Å². The number of thiocarbonyl (C=S) groups is 1. The van der Waals surface area contributed by atoms with E-state index in [-0.39, 0.29) is 17.3 Å². The van der Waals surface area contributed by atoms with Gasteiger partial charge in [-0.1, -0.05) is 24.3 Å². The average molecular weight is 519 g/mol. The highest BCUT2D eigenvalue weighted by molar-refractivity contribution is 7.80. The molecular weight excluding hydrogens is 492 g/mol. The molecule has 1 aliphatic heterocycles. The molecule has 1 aliphatic rings. The van der Waals surface area contributed by atoms with E-state index in [1.165, 1.54) is 18.1 Å². The first kappa shape index (κ1) is 25.9. The number of amides is 2. The van der Waals surface area contributed by atoms with Crippen LogP contribution in [-0.4, -0.2) is 42.4 Å². The molecule has 0 unspecified atom stereocenters. The number of hydrogen-bond acceptors (Lipinski definition) is 7. The number of aliphatic hydroxyl groups excluding tert-OH is 1. The Balaban J connectivity index is 1.53. The summed E-state index contributed by atoms with van der Waals surface area (Å²) in [5, 5.41) is 11.5. The number of benzene rings is 3. The third-order valence-electron chi connectivity index (χ3n) is 5.48. The van der Waals surface area contributed by atoms with Crippen LogP contribution < -0.4 is 24.4 Å². The molecule has 2 N–H and O–H groups in total. The molecule has 3 aromatic rings. The van der Waals surface area contributed by atoms with Crippen molar-refractivity contribution < 1.29 is 28.9 Å². The minimum atomic E-state index is -0.585. The zero-order valence-electron chi connectivity index (χ0n) is 20.2. The molecule has 0 aliphatic carbocycles. The monoisotopic (exact) mass is 518 g/mol. The second-order valence-electron chi connectivity index (χ2n) is 8.06. The van der Waals surface area contributed by atoms with Crippen molar-refractivity contribution in [2.24, 2.45) is 0 Å². The Labute approximate surface area is 220 Å². The number of rotatable bonds is 10. The van der Waals surface area contributed by atoms with Crippen molar-refractivity contribution in [1.29, 1.82) is 0 Å². The highest BCUT2D eigenvalue weighted by Crippen LogP contribution is 2.31. The Hall–Kier alpha value is -4.21. The van der Waals surface area contributed by atoms with Crippen molar-refractivity contribution in [3.05, 3.63) is 83.9 Å². The fourth-order valence-electron chi connectivity index (χ4n) is 3.64. The van der Waals surface area contributed by atoms with E-state index in [9.17, 15) is 9.59 Å². The lowest BCUT2D eigenvalue weighted by Gasteiger charge is -2.29. The second-order valence-corrected chi connectivity index (χ2v) is 8.44. The van der Waals surface area contributed by atoms with Gasteiger partial charge < -0.3 is 19.3 Å². The summed E-state index contributed by atoms with van der Waals surface area (Å²) in [6, 6.07) is 21.3. The molecule has 0 saturated carbocycles. The zero-order chi connectivity index (χ0) is 26.2. The molecular formula is C28H26N2O6S. The number of carbonyl (C=O) groups is 2. The fourth-order valence-corrected chi connectivity index (χ4v) is 3.92. The highest BCUT2D eigenvalue weighted by Gasteiger charge is 2.34. The van der Waals surface area contributed by atoms with Crippen LogP contribution in [0.1, 0.15) is 18.4 Å².